The van der Waals surface area contributed by atoms with Crippen molar-refractivity contribution in [2.75, 3.05) is 18.8 Å². The lowest BCUT2D eigenvalue weighted by Crippen LogP contribution is -2.31. The van der Waals surface area contributed by atoms with E-state index < -0.39 is 0 Å². The number of rotatable bonds is 6. The maximum atomic E-state index is 12.2. The molecule has 1 unspecified atom stereocenters. The Hall–Kier alpha value is -1.59. The zero-order valence-corrected chi connectivity index (χ0v) is 16.0. The van der Waals surface area contributed by atoms with Crippen molar-refractivity contribution in [1.82, 2.24) is 10.2 Å². The highest BCUT2D eigenvalue weighted by Crippen LogP contribution is 2.20. The molecule has 1 atom stereocenters. The Labute approximate surface area is 153 Å². The molecule has 0 aromatic heterocycles. The average Bonchev–Trinajstić information content (AvgIpc) is 2.60. The number of thioether (sulfide) groups is 1. The molecule has 5 heteroatoms. The lowest BCUT2D eigenvalue weighted by atomic mass is 10.0. The largest absolute Gasteiger partial charge is 0.358 e. The number of nitrogens with one attached hydrogen (secondary N) is 1. The number of carbonyl (C=O) groups excluding carboxylic acids is 1. The van der Waals surface area contributed by atoms with E-state index in [1.54, 1.807) is 0 Å². The highest BCUT2D eigenvalue weighted by Gasteiger charge is 2.13. The van der Waals surface area contributed by atoms with Gasteiger partial charge in [0.2, 0.25) is 5.91 Å². The summed E-state index contributed by atoms with van der Waals surface area (Å²) in [7, 11) is 0. The SMILES string of the molecule is CCN(CC)C(=S)SCC(=O)NC(C)c1ccc2ccccc2c1. The van der Waals surface area contributed by atoms with E-state index in [0.29, 0.717) is 5.75 Å². The van der Waals surface area contributed by atoms with Gasteiger partial charge < -0.3 is 10.2 Å². The molecule has 0 saturated heterocycles. The van der Waals surface area contributed by atoms with Crippen molar-refractivity contribution in [1.29, 1.82) is 0 Å². The Bertz CT molecular complexity index is 713. The molecule has 0 aliphatic carbocycles. The van der Waals surface area contributed by atoms with E-state index in [9.17, 15) is 4.79 Å². The molecule has 0 saturated carbocycles. The van der Waals surface area contributed by atoms with Gasteiger partial charge in [-0.3, -0.25) is 4.79 Å². The number of nitrogens with zero attached hydrogens (tertiary/aromatic N) is 1. The summed E-state index contributed by atoms with van der Waals surface area (Å²) in [5.41, 5.74) is 1.11. The third-order valence-electron chi connectivity index (χ3n) is 4.00. The first-order chi connectivity index (χ1) is 11.5. The van der Waals surface area contributed by atoms with E-state index in [4.69, 9.17) is 12.2 Å². The van der Waals surface area contributed by atoms with Crippen LogP contribution in [0.5, 0.6) is 0 Å². The predicted octanol–water partition coefficient (Wildman–Crippen LogP) is 4.38. The molecule has 0 bridgehead atoms. The highest BCUT2D eigenvalue weighted by molar-refractivity contribution is 8.23. The average molecular weight is 361 g/mol. The van der Waals surface area contributed by atoms with Gasteiger partial charge in [0.05, 0.1) is 11.8 Å². The van der Waals surface area contributed by atoms with Gasteiger partial charge in [0.25, 0.3) is 0 Å². The van der Waals surface area contributed by atoms with Crippen LogP contribution >= 0.6 is 24.0 Å². The molecule has 0 heterocycles. The summed E-state index contributed by atoms with van der Waals surface area (Å²) in [6, 6.07) is 14.5. The van der Waals surface area contributed by atoms with Crippen LogP contribution in [0.2, 0.25) is 0 Å². The van der Waals surface area contributed by atoms with E-state index in [-0.39, 0.29) is 11.9 Å². The fraction of sp³-hybridized carbons (Fsp3) is 0.368. The molecule has 0 aliphatic heterocycles. The second-order valence-corrected chi connectivity index (χ2v) is 7.23. The Morgan fingerprint density at radius 2 is 1.83 bits per heavy atom. The van der Waals surface area contributed by atoms with Crippen molar-refractivity contribution >= 4 is 45.0 Å². The second kappa shape index (κ2) is 9.04. The fourth-order valence-corrected chi connectivity index (χ4v) is 3.76. The van der Waals surface area contributed by atoms with E-state index in [1.165, 1.54) is 22.5 Å². The van der Waals surface area contributed by atoms with Gasteiger partial charge in [-0.2, -0.15) is 0 Å². The van der Waals surface area contributed by atoms with Gasteiger partial charge in [0.15, 0.2) is 0 Å². The van der Waals surface area contributed by atoms with Crippen LogP contribution in [0.1, 0.15) is 32.4 Å². The number of fused-ring (bicyclic) bond motifs is 1. The van der Waals surface area contributed by atoms with Crippen LogP contribution in [0, 0.1) is 0 Å². The van der Waals surface area contributed by atoms with Gasteiger partial charge in [0, 0.05) is 13.1 Å². The highest BCUT2D eigenvalue weighted by atomic mass is 32.2. The zero-order valence-electron chi connectivity index (χ0n) is 14.4. The summed E-state index contributed by atoms with van der Waals surface area (Å²) >= 11 is 6.79. The summed E-state index contributed by atoms with van der Waals surface area (Å²) in [5, 5.41) is 5.45. The molecule has 128 valence electrons. The smallest absolute Gasteiger partial charge is 0.230 e. The summed E-state index contributed by atoms with van der Waals surface area (Å²) in [6.07, 6.45) is 0. The molecule has 1 N–H and O–H groups in total. The van der Waals surface area contributed by atoms with Crippen LogP contribution < -0.4 is 5.32 Å². The number of carbonyl (C=O) groups is 1. The number of thiocarbonyl (C=S) groups is 1. The molecular formula is C19H24N2OS2. The van der Waals surface area contributed by atoms with Gasteiger partial charge in [-0.05, 0) is 43.2 Å². The first-order valence-corrected chi connectivity index (χ1v) is 9.64. The van der Waals surface area contributed by atoms with Crippen molar-refractivity contribution in [3.63, 3.8) is 0 Å². The first-order valence-electron chi connectivity index (χ1n) is 8.24. The third-order valence-corrected chi connectivity index (χ3v) is 5.52. The quantitative estimate of drug-likeness (QED) is 0.775. The fourth-order valence-electron chi connectivity index (χ4n) is 2.54. The Balaban J connectivity index is 1.91. The van der Waals surface area contributed by atoms with Gasteiger partial charge in [-0.1, -0.05) is 60.4 Å². The molecule has 2 rings (SSSR count). The second-order valence-electron chi connectivity index (χ2n) is 5.62. The van der Waals surface area contributed by atoms with Crippen LogP contribution in [0.15, 0.2) is 42.5 Å². The summed E-state index contributed by atoms with van der Waals surface area (Å²) in [4.78, 5) is 14.3. The molecule has 3 nitrogen and oxygen atoms in total. The molecule has 0 aliphatic rings. The molecular weight excluding hydrogens is 336 g/mol. The molecule has 2 aromatic rings. The summed E-state index contributed by atoms with van der Waals surface area (Å²) < 4.78 is 0.786. The van der Waals surface area contributed by atoms with Gasteiger partial charge >= 0.3 is 0 Å². The van der Waals surface area contributed by atoms with Crippen molar-refractivity contribution in [2.45, 2.75) is 26.8 Å². The third kappa shape index (κ3) is 4.95. The van der Waals surface area contributed by atoms with Gasteiger partial charge in [0.1, 0.15) is 4.32 Å². The molecule has 24 heavy (non-hydrogen) atoms. The maximum Gasteiger partial charge on any atom is 0.230 e. The minimum absolute atomic E-state index is 0.00941. The van der Waals surface area contributed by atoms with Crippen LogP contribution in [-0.4, -0.2) is 34.0 Å². The molecule has 1 amide bonds. The first kappa shape index (κ1) is 18.7. The van der Waals surface area contributed by atoms with Crippen molar-refractivity contribution in [3.05, 3.63) is 48.0 Å². The molecule has 2 aromatic carbocycles. The Morgan fingerprint density at radius 1 is 1.17 bits per heavy atom. The van der Waals surface area contributed by atoms with Crippen LogP contribution in [-0.2, 0) is 4.79 Å². The van der Waals surface area contributed by atoms with E-state index in [0.717, 1.165) is 23.0 Å². The number of benzene rings is 2. The number of hydrogen-bond donors (Lipinski definition) is 1. The Morgan fingerprint density at radius 3 is 2.50 bits per heavy atom. The minimum Gasteiger partial charge on any atom is -0.358 e. The van der Waals surface area contributed by atoms with Crippen LogP contribution in [0.3, 0.4) is 0 Å². The number of amides is 1. The van der Waals surface area contributed by atoms with Crippen molar-refractivity contribution < 1.29 is 4.79 Å². The maximum absolute atomic E-state index is 12.2. The van der Waals surface area contributed by atoms with E-state index >= 15 is 0 Å². The Kier molecular flexibility index (Phi) is 7.06. The van der Waals surface area contributed by atoms with Crippen molar-refractivity contribution in [2.24, 2.45) is 0 Å². The van der Waals surface area contributed by atoms with Crippen molar-refractivity contribution in [3.8, 4) is 0 Å². The minimum atomic E-state index is -0.0234. The summed E-state index contributed by atoms with van der Waals surface area (Å²) in [6.45, 7) is 7.89. The lowest BCUT2D eigenvalue weighted by Gasteiger charge is -2.21. The topological polar surface area (TPSA) is 32.3 Å². The lowest BCUT2D eigenvalue weighted by molar-refractivity contribution is -0.119. The standard InChI is InChI=1S/C19H24N2OS2/c1-4-21(5-2)19(23)24-13-18(22)20-14(3)16-11-10-15-8-6-7-9-17(15)12-16/h6-12,14H,4-5,13H2,1-3H3,(H,20,22). The predicted molar refractivity (Wildman–Crippen MR) is 108 cm³/mol. The molecule has 0 fully saturated rings. The monoisotopic (exact) mass is 360 g/mol. The van der Waals surface area contributed by atoms with Crippen LogP contribution in [0.4, 0.5) is 0 Å². The zero-order chi connectivity index (χ0) is 17.5. The van der Waals surface area contributed by atoms with E-state index in [1.807, 2.05) is 19.1 Å². The molecule has 0 radical (unpaired) electrons. The van der Waals surface area contributed by atoms with Gasteiger partial charge in [-0.25, -0.2) is 0 Å². The number of hydrogen-bond acceptors (Lipinski definition) is 3. The van der Waals surface area contributed by atoms with E-state index in [2.05, 4.69) is 54.4 Å². The molecule has 0 spiro atoms. The van der Waals surface area contributed by atoms with Gasteiger partial charge in [-0.15, -0.1) is 0 Å². The summed E-state index contributed by atoms with van der Waals surface area (Å²) in [5.74, 6) is 0.364. The van der Waals surface area contributed by atoms with Crippen LogP contribution in [0.25, 0.3) is 10.8 Å². The normalized spacial score (nSPS) is 12.0.